The summed E-state index contributed by atoms with van der Waals surface area (Å²) in [5.74, 6) is 1.32. The third kappa shape index (κ3) is 5.98. The number of fused-ring (bicyclic) bond motifs is 2. The van der Waals surface area contributed by atoms with E-state index in [0.29, 0.717) is 52.1 Å². The summed E-state index contributed by atoms with van der Waals surface area (Å²) in [4.78, 5) is 36.8. The number of hydrogen-bond acceptors (Lipinski definition) is 8. The van der Waals surface area contributed by atoms with Gasteiger partial charge in [0.05, 0.1) is 40.2 Å². The van der Waals surface area contributed by atoms with Crippen molar-refractivity contribution in [3.05, 3.63) is 130 Å². The number of para-hydroxylation sites is 2. The predicted octanol–water partition coefficient (Wildman–Crippen LogP) is 5.36. The Balaban J connectivity index is 1.09. The average molecular weight is 626 g/mol. The first-order chi connectivity index (χ1) is 23.0. The molecule has 234 valence electrons. The molecule has 0 saturated carbocycles. The zero-order chi connectivity index (χ0) is 32.3. The van der Waals surface area contributed by atoms with E-state index >= 15 is 0 Å². The van der Waals surface area contributed by atoms with Crippen LogP contribution >= 0.6 is 0 Å². The van der Waals surface area contributed by atoms with Crippen LogP contribution in [0.15, 0.2) is 113 Å². The predicted molar refractivity (Wildman–Crippen MR) is 179 cm³/mol. The number of hydrogen-bond donors (Lipinski definition) is 2. The summed E-state index contributed by atoms with van der Waals surface area (Å²) in [6, 6.07) is 27.9. The summed E-state index contributed by atoms with van der Waals surface area (Å²) in [5.41, 5.74) is 3.16. The lowest BCUT2D eigenvalue weighted by Crippen LogP contribution is -2.25. The first-order valence-corrected chi connectivity index (χ1v) is 15.4. The van der Waals surface area contributed by atoms with E-state index in [1.165, 1.54) is 0 Å². The van der Waals surface area contributed by atoms with E-state index in [2.05, 4.69) is 10.3 Å². The van der Waals surface area contributed by atoms with Crippen LogP contribution in [-0.2, 0) is 19.6 Å². The van der Waals surface area contributed by atoms with E-state index in [1.54, 1.807) is 80.7 Å². The summed E-state index contributed by atoms with van der Waals surface area (Å²) in [5, 5.41) is 29.1. The number of nitrogens with zero attached hydrogens (tertiary/aromatic N) is 7. The standard InChI is InChI=1S/C36H31N7O4/c44-27-16-12-24(13-17-27)33-38-31-10-4-2-8-29(31)35(46)41(33)20-6-1-7-21-43-26(22-37-40-43)23-42-34(25-14-18-28(45)19-15-25)39-32-11-5-3-9-30(32)36(42)47/h2-5,8-19,22,44-45H,1,6-7,20-21,23H2. The van der Waals surface area contributed by atoms with Gasteiger partial charge in [-0.25, -0.2) is 14.6 Å². The van der Waals surface area contributed by atoms with Crippen LogP contribution in [0, 0.1) is 0 Å². The van der Waals surface area contributed by atoms with Gasteiger partial charge in [0.2, 0.25) is 0 Å². The second-order valence-corrected chi connectivity index (χ2v) is 11.4. The molecule has 0 radical (unpaired) electrons. The fraction of sp³-hybridized carbons (Fsp3) is 0.167. The molecule has 0 aliphatic heterocycles. The Hall–Kier alpha value is -6.10. The van der Waals surface area contributed by atoms with Crippen LogP contribution in [0.2, 0.25) is 0 Å². The van der Waals surface area contributed by atoms with Crippen molar-refractivity contribution < 1.29 is 10.2 Å². The minimum atomic E-state index is -0.176. The topological polar surface area (TPSA) is 141 Å². The summed E-state index contributed by atoms with van der Waals surface area (Å²) in [6.45, 7) is 1.27. The number of aromatic hydroxyl groups is 2. The van der Waals surface area contributed by atoms with Gasteiger partial charge >= 0.3 is 0 Å². The maximum Gasteiger partial charge on any atom is 0.262 e. The fourth-order valence-electron chi connectivity index (χ4n) is 5.81. The molecular formula is C36H31N7O4. The lowest BCUT2D eigenvalue weighted by molar-refractivity contribution is 0.474. The number of phenolic OH excluding ortho intramolecular Hbond substituents is 2. The Morgan fingerprint density at radius 1 is 0.574 bits per heavy atom. The number of aromatic nitrogens is 7. The van der Waals surface area contributed by atoms with E-state index in [1.807, 2.05) is 36.4 Å². The molecule has 3 heterocycles. The molecule has 11 heteroatoms. The highest BCUT2D eigenvalue weighted by atomic mass is 16.3. The van der Waals surface area contributed by atoms with E-state index in [0.717, 1.165) is 30.5 Å². The first kappa shape index (κ1) is 29.6. The molecule has 0 aliphatic rings. The van der Waals surface area contributed by atoms with Gasteiger partial charge in [-0.1, -0.05) is 29.5 Å². The monoisotopic (exact) mass is 625 g/mol. The zero-order valence-corrected chi connectivity index (χ0v) is 25.4. The number of benzene rings is 4. The Bertz CT molecular complexity index is 2320. The SMILES string of the molecule is O=c1c2ccccc2nc(-c2ccc(O)cc2)n1CCCCCn1nncc1Cn1c(-c2ccc(O)cc2)nc2ccccc2c1=O. The molecule has 0 atom stereocenters. The van der Waals surface area contributed by atoms with Crippen LogP contribution in [0.4, 0.5) is 0 Å². The molecule has 0 fully saturated rings. The van der Waals surface area contributed by atoms with Crippen LogP contribution in [0.3, 0.4) is 0 Å². The van der Waals surface area contributed by atoms with Crippen LogP contribution in [0.1, 0.15) is 25.0 Å². The third-order valence-corrected chi connectivity index (χ3v) is 8.24. The normalized spacial score (nSPS) is 11.4. The van der Waals surface area contributed by atoms with E-state index in [-0.39, 0.29) is 29.2 Å². The minimum Gasteiger partial charge on any atom is -0.508 e. The van der Waals surface area contributed by atoms with Gasteiger partial charge in [0.1, 0.15) is 23.1 Å². The second-order valence-electron chi connectivity index (χ2n) is 11.4. The Labute approximate surface area is 268 Å². The highest BCUT2D eigenvalue weighted by molar-refractivity contribution is 5.80. The largest absolute Gasteiger partial charge is 0.508 e. The smallest absolute Gasteiger partial charge is 0.262 e. The molecule has 0 saturated heterocycles. The molecule has 47 heavy (non-hydrogen) atoms. The van der Waals surface area contributed by atoms with Crippen molar-refractivity contribution in [1.29, 1.82) is 0 Å². The molecule has 2 N–H and O–H groups in total. The lowest BCUT2D eigenvalue weighted by Gasteiger charge is -2.15. The van der Waals surface area contributed by atoms with E-state index in [4.69, 9.17) is 9.97 Å². The van der Waals surface area contributed by atoms with Crippen molar-refractivity contribution in [2.75, 3.05) is 0 Å². The summed E-state index contributed by atoms with van der Waals surface area (Å²) in [6.07, 6.45) is 3.97. The van der Waals surface area contributed by atoms with Gasteiger partial charge in [-0.05, 0) is 92.1 Å². The van der Waals surface area contributed by atoms with Crippen LogP contribution < -0.4 is 11.1 Å². The van der Waals surface area contributed by atoms with Gasteiger partial charge < -0.3 is 10.2 Å². The fourth-order valence-corrected chi connectivity index (χ4v) is 5.81. The number of phenols is 2. The van der Waals surface area contributed by atoms with Gasteiger partial charge in [0.25, 0.3) is 11.1 Å². The Morgan fingerprint density at radius 3 is 1.68 bits per heavy atom. The van der Waals surface area contributed by atoms with Gasteiger partial charge in [0.15, 0.2) is 0 Å². The van der Waals surface area contributed by atoms with Crippen LogP contribution in [-0.4, -0.2) is 44.3 Å². The molecule has 3 aromatic heterocycles. The Morgan fingerprint density at radius 2 is 1.09 bits per heavy atom. The minimum absolute atomic E-state index is 0.101. The number of unbranched alkanes of at least 4 members (excludes halogenated alkanes) is 2. The highest BCUT2D eigenvalue weighted by Crippen LogP contribution is 2.24. The van der Waals surface area contributed by atoms with Crippen molar-refractivity contribution in [3.8, 4) is 34.3 Å². The summed E-state index contributed by atoms with van der Waals surface area (Å²) < 4.78 is 5.13. The average Bonchev–Trinajstić information content (AvgIpc) is 3.54. The molecule has 7 aromatic rings. The molecule has 4 aromatic carbocycles. The molecule has 0 spiro atoms. The Kier molecular flexibility index (Phi) is 8.01. The quantitative estimate of drug-likeness (QED) is 0.194. The van der Waals surface area contributed by atoms with Gasteiger partial charge in [-0.2, -0.15) is 0 Å². The second kappa shape index (κ2) is 12.7. The van der Waals surface area contributed by atoms with Gasteiger partial charge in [-0.3, -0.25) is 18.7 Å². The summed E-state index contributed by atoms with van der Waals surface area (Å²) in [7, 11) is 0. The van der Waals surface area contributed by atoms with Crippen molar-refractivity contribution in [2.45, 2.75) is 38.9 Å². The van der Waals surface area contributed by atoms with Gasteiger partial charge in [-0.15, -0.1) is 5.10 Å². The molecule has 0 bridgehead atoms. The maximum absolute atomic E-state index is 13.7. The van der Waals surface area contributed by atoms with Crippen molar-refractivity contribution >= 4 is 21.8 Å². The van der Waals surface area contributed by atoms with Crippen molar-refractivity contribution in [3.63, 3.8) is 0 Å². The van der Waals surface area contributed by atoms with E-state index in [9.17, 15) is 19.8 Å². The van der Waals surface area contributed by atoms with Crippen LogP contribution in [0.25, 0.3) is 44.6 Å². The van der Waals surface area contributed by atoms with Gasteiger partial charge in [0, 0.05) is 24.2 Å². The van der Waals surface area contributed by atoms with E-state index < -0.39 is 0 Å². The van der Waals surface area contributed by atoms with Crippen LogP contribution in [0.5, 0.6) is 11.5 Å². The number of rotatable bonds is 10. The molecule has 0 unspecified atom stereocenters. The number of aryl methyl sites for hydroxylation is 1. The van der Waals surface area contributed by atoms with Crippen molar-refractivity contribution in [1.82, 2.24) is 34.1 Å². The lowest BCUT2D eigenvalue weighted by atomic mass is 10.1. The van der Waals surface area contributed by atoms with Crippen molar-refractivity contribution in [2.24, 2.45) is 0 Å². The highest BCUT2D eigenvalue weighted by Gasteiger charge is 2.16. The first-order valence-electron chi connectivity index (χ1n) is 15.4. The third-order valence-electron chi connectivity index (χ3n) is 8.24. The molecule has 0 aliphatic carbocycles. The molecule has 0 amide bonds. The summed E-state index contributed by atoms with van der Waals surface area (Å²) >= 11 is 0. The molecular weight excluding hydrogens is 594 g/mol. The molecule has 11 nitrogen and oxygen atoms in total. The molecule has 7 rings (SSSR count). The zero-order valence-electron chi connectivity index (χ0n) is 25.4. The maximum atomic E-state index is 13.7.